The van der Waals surface area contributed by atoms with Gasteiger partial charge >= 0.3 is 5.69 Å². The lowest BCUT2D eigenvalue weighted by Gasteiger charge is -2.08. The molecule has 2 rings (SSSR count). The number of nitro groups is 1. The van der Waals surface area contributed by atoms with E-state index in [1.165, 1.54) is 18.2 Å². The van der Waals surface area contributed by atoms with Crippen molar-refractivity contribution in [2.24, 2.45) is 5.73 Å². The van der Waals surface area contributed by atoms with Crippen LogP contribution in [0.3, 0.4) is 0 Å². The predicted octanol–water partition coefficient (Wildman–Crippen LogP) is 1.39. The normalized spacial score (nSPS) is 10.0. The fraction of sp³-hybridized carbons (Fsp3) is 0.125. The average Bonchev–Trinajstić information content (AvgIpc) is 2.58. The number of benzene rings is 2. The fourth-order valence-corrected chi connectivity index (χ4v) is 1.96. The summed E-state index contributed by atoms with van der Waals surface area (Å²) in [6.45, 7) is -0.180. The third-order valence-corrected chi connectivity index (χ3v) is 3.12. The van der Waals surface area contributed by atoms with Gasteiger partial charge in [-0.1, -0.05) is 24.3 Å². The Labute approximate surface area is 137 Å². The molecule has 24 heavy (non-hydrogen) atoms. The predicted molar refractivity (Wildman–Crippen MR) is 85.4 cm³/mol. The molecule has 0 bridgehead atoms. The number of para-hydroxylation sites is 2. The number of amides is 2. The van der Waals surface area contributed by atoms with Crippen LogP contribution in [0.15, 0.2) is 48.5 Å². The summed E-state index contributed by atoms with van der Waals surface area (Å²) >= 11 is 0. The number of hydrogen-bond donors (Lipinski definition) is 2. The molecule has 0 spiro atoms. The maximum Gasteiger partial charge on any atom is 0.310 e. The molecule has 0 unspecified atom stereocenters. The van der Waals surface area contributed by atoms with Gasteiger partial charge in [0.15, 0.2) is 12.4 Å². The third-order valence-electron chi connectivity index (χ3n) is 3.12. The first-order valence-electron chi connectivity index (χ1n) is 6.99. The van der Waals surface area contributed by atoms with E-state index in [4.69, 9.17) is 10.5 Å². The van der Waals surface area contributed by atoms with Gasteiger partial charge in [-0.3, -0.25) is 19.7 Å². The number of nitrogens with one attached hydrogen (secondary N) is 1. The number of nitrogens with zero attached hydrogens (tertiary/aromatic N) is 1. The number of hydrogen-bond acceptors (Lipinski definition) is 5. The van der Waals surface area contributed by atoms with Crippen molar-refractivity contribution in [3.05, 3.63) is 69.8 Å². The van der Waals surface area contributed by atoms with E-state index in [2.05, 4.69) is 5.32 Å². The lowest BCUT2D eigenvalue weighted by molar-refractivity contribution is -0.385. The molecule has 0 aromatic heterocycles. The van der Waals surface area contributed by atoms with Gasteiger partial charge < -0.3 is 15.8 Å². The minimum Gasteiger partial charge on any atom is -0.477 e. The highest BCUT2D eigenvalue weighted by Gasteiger charge is 2.14. The highest BCUT2D eigenvalue weighted by atomic mass is 16.6. The van der Waals surface area contributed by atoms with Crippen molar-refractivity contribution in [1.82, 2.24) is 5.32 Å². The Morgan fingerprint density at radius 2 is 1.92 bits per heavy atom. The van der Waals surface area contributed by atoms with E-state index in [1.54, 1.807) is 30.3 Å². The summed E-state index contributed by atoms with van der Waals surface area (Å²) in [5.74, 6) is -0.978. The largest absolute Gasteiger partial charge is 0.477 e. The average molecular weight is 329 g/mol. The van der Waals surface area contributed by atoms with Crippen molar-refractivity contribution >= 4 is 17.5 Å². The number of nitro benzene ring substituents is 1. The Bertz CT molecular complexity index is 776. The van der Waals surface area contributed by atoms with Crippen LogP contribution >= 0.6 is 0 Å². The molecule has 8 nitrogen and oxygen atoms in total. The number of ether oxygens (including phenoxy) is 1. The zero-order valence-corrected chi connectivity index (χ0v) is 12.6. The highest BCUT2D eigenvalue weighted by molar-refractivity contribution is 5.92. The number of rotatable bonds is 7. The Hall–Kier alpha value is -3.42. The zero-order valence-electron chi connectivity index (χ0n) is 12.6. The molecule has 0 aliphatic carbocycles. The van der Waals surface area contributed by atoms with Gasteiger partial charge in [0.1, 0.15) is 0 Å². The van der Waals surface area contributed by atoms with Crippen LogP contribution in [0.1, 0.15) is 15.9 Å². The maximum atomic E-state index is 11.8. The van der Waals surface area contributed by atoms with Crippen LogP contribution in [0.5, 0.6) is 5.75 Å². The molecule has 0 atom stereocenters. The molecule has 0 saturated heterocycles. The quantitative estimate of drug-likeness (QED) is 0.586. The molecule has 0 heterocycles. The molecule has 2 aromatic rings. The summed E-state index contributed by atoms with van der Waals surface area (Å²) in [5, 5.41) is 13.4. The lowest BCUT2D eigenvalue weighted by Crippen LogP contribution is -2.28. The summed E-state index contributed by atoms with van der Waals surface area (Å²) in [6.07, 6.45) is 0. The van der Waals surface area contributed by atoms with Crippen molar-refractivity contribution < 1.29 is 19.2 Å². The second-order valence-corrected chi connectivity index (χ2v) is 4.85. The number of carbonyl (C=O) groups excluding carboxylic acids is 2. The van der Waals surface area contributed by atoms with E-state index < -0.39 is 16.7 Å². The van der Waals surface area contributed by atoms with Crippen molar-refractivity contribution in [3.63, 3.8) is 0 Å². The molecular weight excluding hydrogens is 314 g/mol. The molecular formula is C16H15N3O5. The molecule has 3 N–H and O–H groups in total. The second kappa shape index (κ2) is 7.73. The molecule has 0 aliphatic rings. The summed E-state index contributed by atoms with van der Waals surface area (Å²) in [5.41, 5.74) is 6.02. The van der Waals surface area contributed by atoms with E-state index in [1.807, 2.05) is 0 Å². The van der Waals surface area contributed by atoms with E-state index in [9.17, 15) is 19.7 Å². The van der Waals surface area contributed by atoms with Crippen molar-refractivity contribution in [2.45, 2.75) is 6.54 Å². The fourth-order valence-electron chi connectivity index (χ4n) is 1.96. The van der Waals surface area contributed by atoms with Gasteiger partial charge in [-0.25, -0.2) is 0 Å². The van der Waals surface area contributed by atoms with E-state index in [0.29, 0.717) is 11.1 Å². The van der Waals surface area contributed by atoms with Gasteiger partial charge in [0.05, 0.1) is 4.92 Å². The Morgan fingerprint density at radius 3 is 2.62 bits per heavy atom. The molecule has 8 heteroatoms. The first kappa shape index (κ1) is 16.9. The third kappa shape index (κ3) is 4.54. The van der Waals surface area contributed by atoms with E-state index in [-0.39, 0.29) is 24.6 Å². The molecule has 0 radical (unpaired) electrons. The van der Waals surface area contributed by atoms with Crippen LogP contribution in [0, 0.1) is 10.1 Å². The van der Waals surface area contributed by atoms with Gasteiger partial charge in [-0.2, -0.15) is 0 Å². The first-order valence-corrected chi connectivity index (χ1v) is 6.99. The van der Waals surface area contributed by atoms with Crippen LogP contribution in [0.25, 0.3) is 0 Å². The van der Waals surface area contributed by atoms with Crippen LogP contribution < -0.4 is 15.8 Å². The highest BCUT2D eigenvalue weighted by Crippen LogP contribution is 2.25. The van der Waals surface area contributed by atoms with E-state index in [0.717, 1.165) is 0 Å². The van der Waals surface area contributed by atoms with Gasteiger partial charge in [-0.15, -0.1) is 0 Å². The summed E-state index contributed by atoms with van der Waals surface area (Å²) in [6, 6.07) is 12.3. The summed E-state index contributed by atoms with van der Waals surface area (Å²) < 4.78 is 5.18. The van der Waals surface area contributed by atoms with Gasteiger partial charge in [0.2, 0.25) is 5.91 Å². The minimum atomic E-state index is -0.581. The lowest BCUT2D eigenvalue weighted by atomic mass is 10.1. The van der Waals surface area contributed by atoms with Crippen molar-refractivity contribution in [3.8, 4) is 5.75 Å². The first-order chi connectivity index (χ1) is 11.5. The second-order valence-electron chi connectivity index (χ2n) is 4.85. The molecule has 124 valence electrons. The van der Waals surface area contributed by atoms with Gasteiger partial charge in [0.25, 0.3) is 5.91 Å². The van der Waals surface area contributed by atoms with E-state index >= 15 is 0 Å². The topological polar surface area (TPSA) is 125 Å². The monoisotopic (exact) mass is 329 g/mol. The Morgan fingerprint density at radius 1 is 1.17 bits per heavy atom. The van der Waals surface area contributed by atoms with Gasteiger partial charge in [-0.05, 0) is 23.8 Å². The molecule has 0 saturated carbocycles. The molecule has 0 aliphatic heterocycles. The van der Waals surface area contributed by atoms with Crippen LogP contribution in [-0.4, -0.2) is 23.3 Å². The van der Waals surface area contributed by atoms with Gasteiger partial charge in [0, 0.05) is 18.2 Å². The molecule has 0 fully saturated rings. The number of nitrogens with two attached hydrogens (primary N) is 1. The number of carbonyl (C=O) groups is 2. The maximum absolute atomic E-state index is 11.8. The summed E-state index contributed by atoms with van der Waals surface area (Å²) in [4.78, 5) is 33.2. The van der Waals surface area contributed by atoms with Crippen LogP contribution in [0.2, 0.25) is 0 Å². The molecule has 2 amide bonds. The standard InChI is InChI=1S/C16H15N3O5/c17-16(21)12-5-3-4-11(8-12)9-18-15(20)10-24-14-7-2-1-6-13(14)19(22)23/h1-8H,9-10H2,(H2,17,21)(H,18,20). The SMILES string of the molecule is NC(=O)c1cccc(CNC(=O)COc2ccccc2[N+](=O)[O-])c1. The van der Waals surface area contributed by atoms with Crippen LogP contribution in [0.4, 0.5) is 5.69 Å². The number of primary amides is 1. The zero-order chi connectivity index (χ0) is 17.5. The van der Waals surface area contributed by atoms with Crippen molar-refractivity contribution in [1.29, 1.82) is 0 Å². The van der Waals surface area contributed by atoms with Crippen molar-refractivity contribution in [2.75, 3.05) is 6.61 Å². The minimum absolute atomic E-state index is 0.0216. The smallest absolute Gasteiger partial charge is 0.310 e. The summed E-state index contributed by atoms with van der Waals surface area (Å²) in [7, 11) is 0. The van der Waals surface area contributed by atoms with Crippen LogP contribution in [-0.2, 0) is 11.3 Å². The Balaban J connectivity index is 1.89. The Kier molecular flexibility index (Phi) is 5.45. The molecule has 2 aromatic carbocycles.